The lowest BCUT2D eigenvalue weighted by atomic mass is 10.0. The second-order valence-electron chi connectivity index (χ2n) is 6.02. The van der Waals surface area contributed by atoms with Gasteiger partial charge in [0, 0.05) is 21.5 Å². The summed E-state index contributed by atoms with van der Waals surface area (Å²) < 4.78 is 28.7. The molecular formula is C22H18O10. The van der Waals surface area contributed by atoms with Crippen LogP contribution in [0.5, 0.6) is 11.5 Å². The van der Waals surface area contributed by atoms with E-state index in [1.807, 2.05) is 0 Å². The number of ether oxygens (including phenoxy) is 6. The van der Waals surface area contributed by atoms with Crippen LogP contribution in [-0.2, 0) is 18.9 Å². The van der Waals surface area contributed by atoms with E-state index in [9.17, 15) is 19.2 Å². The lowest BCUT2D eigenvalue weighted by molar-refractivity contribution is 0.0592. The minimum atomic E-state index is -1.30. The molecule has 0 saturated heterocycles. The first-order valence-corrected chi connectivity index (χ1v) is 9.50. The first kappa shape index (κ1) is 22.3. The van der Waals surface area contributed by atoms with Crippen molar-refractivity contribution >= 4 is 46.2 Å². The van der Waals surface area contributed by atoms with Crippen LogP contribution in [0, 0.1) is 0 Å². The summed E-state index contributed by atoms with van der Waals surface area (Å²) in [7, 11) is 0. The maximum atomic E-state index is 12.1. The van der Waals surface area contributed by atoms with Crippen molar-refractivity contribution in [3.63, 3.8) is 0 Å². The highest BCUT2D eigenvalue weighted by molar-refractivity contribution is 6.12. The maximum Gasteiger partial charge on any atom is 0.524 e. The highest BCUT2D eigenvalue weighted by Crippen LogP contribution is 2.42. The van der Waals surface area contributed by atoms with Gasteiger partial charge in [-0.05, 0) is 13.8 Å². The van der Waals surface area contributed by atoms with Gasteiger partial charge < -0.3 is 28.4 Å². The Kier molecular flexibility index (Phi) is 7.06. The largest absolute Gasteiger partial charge is 0.524 e. The van der Waals surface area contributed by atoms with E-state index in [2.05, 4.69) is 18.9 Å². The van der Waals surface area contributed by atoms with E-state index in [0.29, 0.717) is 21.5 Å². The van der Waals surface area contributed by atoms with E-state index in [0.717, 1.165) is 0 Å². The molecule has 0 atom stereocenters. The average Bonchev–Trinajstić information content (AvgIpc) is 2.76. The second-order valence-corrected chi connectivity index (χ2v) is 6.02. The minimum absolute atomic E-state index is 0.0198. The van der Waals surface area contributed by atoms with Gasteiger partial charge in [0.05, 0.1) is 13.2 Å². The highest BCUT2D eigenvalue weighted by atomic mass is 16.8. The van der Waals surface area contributed by atoms with Crippen molar-refractivity contribution in [3.8, 4) is 11.5 Å². The van der Waals surface area contributed by atoms with Gasteiger partial charge in [-0.25, -0.2) is 19.2 Å². The van der Waals surface area contributed by atoms with E-state index in [4.69, 9.17) is 9.47 Å². The third-order valence-corrected chi connectivity index (χ3v) is 4.06. The summed E-state index contributed by atoms with van der Waals surface area (Å²) in [5, 5.41) is 1.47. The molecule has 10 heteroatoms. The molecule has 0 radical (unpaired) electrons. The molecule has 0 unspecified atom stereocenters. The Hall–Kier alpha value is -4.34. The van der Waals surface area contributed by atoms with Gasteiger partial charge in [-0.15, -0.1) is 0 Å². The van der Waals surface area contributed by atoms with E-state index in [1.165, 1.54) is 0 Å². The van der Waals surface area contributed by atoms with Gasteiger partial charge in [0.2, 0.25) is 0 Å². The van der Waals surface area contributed by atoms with Crippen molar-refractivity contribution in [2.24, 2.45) is 0 Å². The van der Waals surface area contributed by atoms with Crippen LogP contribution < -0.4 is 9.47 Å². The molecule has 0 heterocycles. The van der Waals surface area contributed by atoms with Crippen LogP contribution in [0.4, 0.5) is 19.2 Å². The SMILES string of the molecule is CCOC(=O)OC(=O)Oc1c2ccccc2c(OC(=O)OC(=O)OCC)c2ccccc12. The van der Waals surface area contributed by atoms with Gasteiger partial charge >= 0.3 is 24.6 Å². The Balaban J connectivity index is 2.04. The Morgan fingerprint density at radius 1 is 0.562 bits per heavy atom. The molecule has 0 aliphatic heterocycles. The van der Waals surface area contributed by atoms with Crippen LogP contribution in [0.2, 0.25) is 0 Å². The molecule has 0 bridgehead atoms. The van der Waals surface area contributed by atoms with Crippen molar-refractivity contribution in [1.82, 2.24) is 0 Å². The minimum Gasteiger partial charge on any atom is -0.434 e. The van der Waals surface area contributed by atoms with Crippen LogP contribution >= 0.6 is 0 Å². The summed E-state index contributed by atoms with van der Waals surface area (Å²) in [6.07, 6.45) is -5.00. The molecule has 32 heavy (non-hydrogen) atoms. The zero-order valence-electron chi connectivity index (χ0n) is 17.1. The highest BCUT2D eigenvalue weighted by Gasteiger charge is 2.23. The molecule has 10 nitrogen and oxygen atoms in total. The molecule has 0 aliphatic carbocycles. The van der Waals surface area contributed by atoms with Crippen LogP contribution in [0.25, 0.3) is 21.5 Å². The zero-order chi connectivity index (χ0) is 23.1. The number of hydrogen-bond donors (Lipinski definition) is 0. The number of carbonyl (C=O) groups excluding carboxylic acids is 4. The molecule has 0 saturated carbocycles. The predicted molar refractivity (Wildman–Crippen MR) is 110 cm³/mol. The molecular weight excluding hydrogens is 424 g/mol. The number of carbonyl (C=O) groups is 4. The summed E-state index contributed by atoms with van der Waals surface area (Å²) in [6, 6.07) is 13.1. The van der Waals surface area contributed by atoms with Gasteiger partial charge in [-0.3, -0.25) is 0 Å². The smallest absolute Gasteiger partial charge is 0.434 e. The first-order valence-electron chi connectivity index (χ1n) is 9.50. The summed E-state index contributed by atoms with van der Waals surface area (Å²) in [6.45, 7) is 3.15. The number of rotatable bonds is 4. The van der Waals surface area contributed by atoms with E-state index in [-0.39, 0.29) is 24.7 Å². The molecule has 0 aromatic heterocycles. The molecule has 3 rings (SSSR count). The Labute approximate surface area is 181 Å². The quantitative estimate of drug-likeness (QED) is 0.226. The van der Waals surface area contributed by atoms with Crippen LogP contribution in [0.1, 0.15) is 13.8 Å². The second kappa shape index (κ2) is 10.1. The van der Waals surface area contributed by atoms with E-state index >= 15 is 0 Å². The Morgan fingerprint density at radius 2 is 0.875 bits per heavy atom. The Morgan fingerprint density at radius 3 is 1.16 bits per heavy atom. The number of fused-ring (bicyclic) bond motifs is 2. The first-order chi connectivity index (χ1) is 15.4. The van der Waals surface area contributed by atoms with Crippen molar-refractivity contribution in [1.29, 1.82) is 0 Å². The van der Waals surface area contributed by atoms with Crippen molar-refractivity contribution < 1.29 is 47.6 Å². The summed E-state index contributed by atoms with van der Waals surface area (Å²) in [5.41, 5.74) is 0. The molecule has 3 aromatic carbocycles. The fourth-order valence-electron chi connectivity index (χ4n) is 2.91. The van der Waals surface area contributed by atoms with Gasteiger partial charge in [0.25, 0.3) is 0 Å². The van der Waals surface area contributed by atoms with Gasteiger partial charge in [-0.2, -0.15) is 0 Å². The lowest BCUT2D eigenvalue weighted by Gasteiger charge is -2.15. The van der Waals surface area contributed by atoms with Crippen LogP contribution in [-0.4, -0.2) is 37.8 Å². The molecule has 0 aliphatic rings. The Bertz CT molecular complexity index is 1040. The monoisotopic (exact) mass is 442 g/mol. The van der Waals surface area contributed by atoms with Crippen molar-refractivity contribution in [2.75, 3.05) is 13.2 Å². The fourth-order valence-corrected chi connectivity index (χ4v) is 2.91. The zero-order valence-corrected chi connectivity index (χ0v) is 17.1. The molecule has 0 fully saturated rings. The van der Waals surface area contributed by atoms with Crippen molar-refractivity contribution in [2.45, 2.75) is 13.8 Å². The molecule has 0 amide bonds. The van der Waals surface area contributed by atoms with Gasteiger partial charge in [0.15, 0.2) is 0 Å². The third kappa shape index (κ3) is 5.04. The fraction of sp³-hybridized carbons (Fsp3) is 0.182. The number of benzene rings is 3. The predicted octanol–water partition coefficient (Wildman–Crippen LogP) is 5.34. The summed E-state index contributed by atoms with van der Waals surface area (Å²) in [4.78, 5) is 47.1. The normalized spacial score (nSPS) is 10.3. The lowest BCUT2D eigenvalue weighted by Crippen LogP contribution is -2.18. The average molecular weight is 442 g/mol. The van der Waals surface area contributed by atoms with Gasteiger partial charge in [0.1, 0.15) is 11.5 Å². The van der Waals surface area contributed by atoms with Gasteiger partial charge in [-0.1, -0.05) is 48.5 Å². The van der Waals surface area contributed by atoms with Crippen molar-refractivity contribution in [3.05, 3.63) is 48.5 Å². The van der Waals surface area contributed by atoms with Crippen LogP contribution in [0.15, 0.2) is 48.5 Å². The topological polar surface area (TPSA) is 124 Å². The van der Waals surface area contributed by atoms with E-state index in [1.54, 1.807) is 62.4 Å². The number of hydrogen-bond acceptors (Lipinski definition) is 10. The summed E-state index contributed by atoms with van der Waals surface area (Å²) in [5.74, 6) is 0.133. The molecule has 0 spiro atoms. The standard InChI is InChI=1S/C22H18O10/c1-3-27-19(23)31-21(25)29-17-13-9-5-7-11-15(13)18(16-12-8-6-10-14(16)17)30-22(26)32-20(24)28-4-2/h5-12H,3-4H2,1-2H3. The molecule has 0 N–H and O–H groups in total. The molecule has 3 aromatic rings. The summed E-state index contributed by atoms with van der Waals surface area (Å²) >= 11 is 0. The van der Waals surface area contributed by atoms with E-state index < -0.39 is 24.6 Å². The molecule has 166 valence electrons. The maximum absolute atomic E-state index is 12.1. The van der Waals surface area contributed by atoms with Crippen LogP contribution in [0.3, 0.4) is 0 Å². The third-order valence-electron chi connectivity index (χ3n) is 4.06.